The molecule has 23 heavy (non-hydrogen) atoms. The smallest absolute Gasteiger partial charge is 0.155 e. The van der Waals surface area contributed by atoms with E-state index in [0.717, 1.165) is 38.5 Å². The molecule has 2 heteroatoms. The minimum Gasteiger partial charge on any atom is -0.392 e. The average Bonchev–Trinajstić information content (AvgIpc) is 2.90. The summed E-state index contributed by atoms with van der Waals surface area (Å²) in [6.45, 7) is 6.35. The second-order valence-corrected chi connectivity index (χ2v) is 8.08. The predicted octanol–water partition coefficient (Wildman–Crippen LogP) is 4.21. The summed E-state index contributed by atoms with van der Waals surface area (Å²) in [5.41, 5.74) is 2.94. The van der Waals surface area contributed by atoms with E-state index in [9.17, 15) is 9.90 Å². The molecular weight excluding hydrogens is 284 g/mol. The van der Waals surface area contributed by atoms with Crippen LogP contribution in [-0.4, -0.2) is 17.0 Å². The summed E-state index contributed by atoms with van der Waals surface area (Å²) in [5.74, 6) is 2.50. The van der Waals surface area contributed by atoms with Crippen LogP contribution < -0.4 is 0 Å². The van der Waals surface area contributed by atoms with Gasteiger partial charge < -0.3 is 5.11 Å². The van der Waals surface area contributed by atoms with Crippen molar-refractivity contribution in [2.75, 3.05) is 0 Å². The molecule has 4 aliphatic carbocycles. The molecule has 2 saturated carbocycles. The van der Waals surface area contributed by atoms with Crippen molar-refractivity contribution in [1.82, 2.24) is 0 Å². The summed E-state index contributed by atoms with van der Waals surface area (Å²) in [6, 6.07) is 0. The number of hydrogen-bond acceptors (Lipinski definition) is 2. The molecule has 2 nitrogen and oxygen atoms in total. The first kappa shape index (κ1) is 15.4. The Balaban J connectivity index is 1.75. The second-order valence-electron chi connectivity index (χ2n) is 8.08. The van der Waals surface area contributed by atoms with E-state index < -0.39 is 0 Å². The number of allylic oxidation sites excluding steroid dienone is 3. The maximum absolute atomic E-state index is 11.8. The summed E-state index contributed by atoms with van der Waals surface area (Å²) in [4.78, 5) is 11.8. The van der Waals surface area contributed by atoms with Crippen LogP contribution in [0.2, 0.25) is 0 Å². The lowest BCUT2D eigenvalue weighted by molar-refractivity contribution is -0.115. The molecule has 0 spiro atoms. The number of carbonyl (C=O) groups is 1. The van der Waals surface area contributed by atoms with Gasteiger partial charge in [-0.25, -0.2) is 0 Å². The zero-order valence-electron chi connectivity index (χ0n) is 14.1. The number of aliphatic hydroxyl groups is 1. The number of hydrogen-bond donors (Lipinski definition) is 1. The summed E-state index contributed by atoms with van der Waals surface area (Å²) in [5, 5.41) is 10.7. The fraction of sp³-hybridized carbons (Fsp3) is 0.667. The molecule has 0 aromatic carbocycles. The van der Waals surface area contributed by atoms with Crippen molar-refractivity contribution in [3.05, 3.63) is 36.0 Å². The first-order valence-corrected chi connectivity index (χ1v) is 9.35. The molecule has 0 amide bonds. The third-order valence-corrected chi connectivity index (χ3v) is 7.43. The molecule has 1 N–H and O–H groups in total. The molecule has 2 fully saturated rings. The van der Waals surface area contributed by atoms with Gasteiger partial charge in [0.25, 0.3) is 0 Å². The van der Waals surface area contributed by atoms with E-state index in [1.165, 1.54) is 17.6 Å². The van der Waals surface area contributed by atoms with Crippen molar-refractivity contribution in [3.63, 3.8) is 0 Å². The van der Waals surface area contributed by atoms with Crippen LogP contribution in [0.5, 0.6) is 0 Å². The van der Waals surface area contributed by atoms with E-state index in [0.29, 0.717) is 29.5 Å². The second kappa shape index (κ2) is 5.44. The third-order valence-electron chi connectivity index (χ3n) is 7.43. The largest absolute Gasteiger partial charge is 0.392 e. The average molecular weight is 312 g/mol. The Morgan fingerprint density at radius 2 is 2.26 bits per heavy atom. The highest BCUT2D eigenvalue weighted by atomic mass is 16.3. The zero-order valence-corrected chi connectivity index (χ0v) is 14.1. The molecule has 4 aliphatic rings. The molecule has 0 bridgehead atoms. The Morgan fingerprint density at radius 3 is 3.00 bits per heavy atom. The topological polar surface area (TPSA) is 37.3 Å². The van der Waals surface area contributed by atoms with Crippen LogP contribution in [0, 0.1) is 29.1 Å². The van der Waals surface area contributed by atoms with E-state index >= 15 is 0 Å². The minimum absolute atomic E-state index is 0.0220. The van der Waals surface area contributed by atoms with Gasteiger partial charge in [0.1, 0.15) is 0 Å². The molecule has 0 aliphatic heterocycles. The fourth-order valence-corrected chi connectivity index (χ4v) is 6.29. The minimum atomic E-state index is -0.196. The monoisotopic (exact) mass is 312 g/mol. The summed E-state index contributed by atoms with van der Waals surface area (Å²) in [7, 11) is 0. The Bertz CT molecular complexity index is 599. The zero-order chi connectivity index (χ0) is 16.2. The molecular formula is C21H28O2. The van der Waals surface area contributed by atoms with Crippen molar-refractivity contribution in [3.8, 4) is 0 Å². The summed E-state index contributed by atoms with van der Waals surface area (Å²) >= 11 is 0. The highest BCUT2D eigenvalue weighted by molar-refractivity contribution is 5.91. The van der Waals surface area contributed by atoms with Crippen LogP contribution in [0.15, 0.2) is 36.0 Å². The van der Waals surface area contributed by atoms with Gasteiger partial charge in [0.05, 0.1) is 6.10 Å². The predicted molar refractivity (Wildman–Crippen MR) is 91.8 cm³/mol. The van der Waals surface area contributed by atoms with Crippen molar-refractivity contribution < 1.29 is 9.90 Å². The Morgan fingerprint density at radius 1 is 1.43 bits per heavy atom. The van der Waals surface area contributed by atoms with Crippen LogP contribution in [0.1, 0.15) is 51.9 Å². The third kappa shape index (κ3) is 2.07. The van der Waals surface area contributed by atoms with Gasteiger partial charge in [-0.2, -0.15) is 0 Å². The molecule has 6 atom stereocenters. The lowest BCUT2D eigenvalue weighted by Crippen LogP contribution is -2.48. The number of aliphatic hydroxyl groups excluding tert-OH is 1. The van der Waals surface area contributed by atoms with Crippen LogP contribution in [-0.2, 0) is 4.79 Å². The number of ketones is 1. The Kier molecular flexibility index (Phi) is 3.64. The molecule has 0 saturated heterocycles. The standard InChI is InChI=1S/C21H28O2/c1-3-13-11-14-12-15(22)5-6-16(14)17-9-10-21(4-2)18(20(13)17)7-8-19(21)23/h3,7,12-13,16-17,19-20,23H,1,4-6,8-11H2,2H3/t13?,16-,17+,19?,20+,21?/m0/s1. The number of carbonyl (C=O) groups excluding carboxylic acids is 1. The SMILES string of the molecule is C=CC1CC2=CC(=O)CC[C@@H]2[C@H]2CCC3(CC)C(=CCC3O)[C@H]12. The lowest BCUT2D eigenvalue weighted by Gasteiger charge is -2.54. The molecule has 0 radical (unpaired) electrons. The summed E-state index contributed by atoms with van der Waals surface area (Å²) < 4.78 is 0. The van der Waals surface area contributed by atoms with E-state index in [2.05, 4.69) is 25.7 Å². The number of rotatable bonds is 2. The van der Waals surface area contributed by atoms with Crippen LogP contribution in [0.25, 0.3) is 0 Å². The first-order valence-electron chi connectivity index (χ1n) is 9.35. The van der Waals surface area contributed by atoms with Gasteiger partial charge in [0.2, 0.25) is 0 Å². The van der Waals surface area contributed by atoms with Crippen LogP contribution >= 0.6 is 0 Å². The lowest BCUT2D eigenvalue weighted by atomic mass is 9.50. The fourth-order valence-electron chi connectivity index (χ4n) is 6.29. The molecule has 0 heterocycles. The van der Waals surface area contributed by atoms with Gasteiger partial charge in [0.15, 0.2) is 5.78 Å². The van der Waals surface area contributed by atoms with E-state index in [1.807, 2.05) is 6.08 Å². The van der Waals surface area contributed by atoms with Gasteiger partial charge >= 0.3 is 0 Å². The quantitative estimate of drug-likeness (QED) is 0.776. The number of fused-ring (bicyclic) bond motifs is 5. The maximum atomic E-state index is 11.8. The molecule has 124 valence electrons. The highest BCUT2D eigenvalue weighted by Crippen LogP contribution is 2.62. The van der Waals surface area contributed by atoms with Crippen LogP contribution in [0.3, 0.4) is 0 Å². The normalized spacial score (nSPS) is 45.5. The van der Waals surface area contributed by atoms with Gasteiger partial charge in [-0.1, -0.05) is 30.2 Å². The van der Waals surface area contributed by atoms with E-state index in [1.54, 1.807) is 0 Å². The first-order chi connectivity index (χ1) is 11.1. The van der Waals surface area contributed by atoms with Gasteiger partial charge in [-0.15, -0.1) is 6.58 Å². The van der Waals surface area contributed by atoms with E-state index in [4.69, 9.17) is 0 Å². The Hall–Kier alpha value is -1.15. The van der Waals surface area contributed by atoms with Gasteiger partial charge in [-0.05, 0) is 68.3 Å². The molecule has 4 rings (SSSR count). The highest BCUT2D eigenvalue weighted by Gasteiger charge is 2.55. The molecule has 0 aromatic heterocycles. The van der Waals surface area contributed by atoms with E-state index in [-0.39, 0.29) is 11.5 Å². The molecule has 3 unspecified atom stereocenters. The van der Waals surface area contributed by atoms with Gasteiger partial charge in [0, 0.05) is 11.8 Å². The van der Waals surface area contributed by atoms with Crippen molar-refractivity contribution >= 4 is 5.78 Å². The van der Waals surface area contributed by atoms with Crippen molar-refractivity contribution in [2.24, 2.45) is 29.1 Å². The van der Waals surface area contributed by atoms with Gasteiger partial charge in [-0.3, -0.25) is 4.79 Å². The van der Waals surface area contributed by atoms with Crippen molar-refractivity contribution in [1.29, 1.82) is 0 Å². The Labute approximate surface area is 139 Å². The van der Waals surface area contributed by atoms with Crippen LogP contribution in [0.4, 0.5) is 0 Å². The summed E-state index contributed by atoms with van der Waals surface area (Å²) in [6.07, 6.45) is 13.1. The molecule has 0 aromatic rings. The maximum Gasteiger partial charge on any atom is 0.155 e. The van der Waals surface area contributed by atoms with Crippen molar-refractivity contribution in [2.45, 2.75) is 58.0 Å².